The predicted molar refractivity (Wildman–Crippen MR) is 83.7 cm³/mol. The second-order valence-corrected chi connectivity index (χ2v) is 8.17. The van der Waals surface area contributed by atoms with Gasteiger partial charge in [0.1, 0.15) is 9.84 Å². The third kappa shape index (κ3) is 3.77. The number of thioether (sulfide) groups is 1. The van der Waals surface area contributed by atoms with Gasteiger partial charge < -0.3 is 0 Å². The summed E-state index contributed by atoms with van der Waals surface area (Å²) in [6.07, 6.45) is 4.78. The number of hydrogen-bond donors (Lipinski definition) is 0. The summed E-state index contributed by atoms with van der Waals surface area (Å²) in [5, 5.41) is 1.46. The summed E-state index contributed by atoms with van der Waals surface area (Å²) < 4.78 is 24.2. The second kappa shape index (κ2) is 6.20. The number of nitrogens with zero attached hydrogens (tertiary/aromatic N) is 2. The van der Waals surface area contributed by atoms with Crippen LogP contribution >= 0.6 is 23.4 Å². The zero-order valence-electron chi connectivity index (χ0n) is 11.2. The van der Waals surface area contributed by atoms with Gasteiger partial charge in [-0.25, -0.2) is 13.4 Å². The molecule has 1 heterocycles. The average molecular weight is 331 g/mol. The van der Waals surface area contributed by atoms with E-state index in [-0.39, 0.29) is 5.75 Å². The van der Waals surface area contributed by atoms with Crippen molar-refractivity contribution in [2.75, 3.05) is 17.8 Å². The van der Waals surface area contributed by atoms with Crippen LogP contribution in [-0.2, 0) is 9.84 Å². The quantitative estimate of drug-likeness (QED) is 0.791. The monoisotopic (exact) mass is 330 g/mol. The summed E-state index contributed by atoms with van der Waals surface area (Å²) in [5.41, 5.74) is 1.92. The zero-order valence-corrected chi connectivity index (χ0v) is 13.6. The Morgan fingerprint density at radius 2 is 2.15 bits per heavy atom. The topological polar surface area (TPSA) is 52.0 Å². The van der Waals surface area contributed by atoms with Crippen LogP contribution in [0.4, 0.5) is 0 Å². The van der Waals surface area contributed by atoms with Crippen molar-refractivity contribution in [3.05, 3.63) is 41.2 Å². The van der Waals surface area contributed by atoms with E-state index in [4.69, 9.17) is 11.6 Å². The number of rotatable bonds is 5. The standard InChI is InChI=1S/C13H15ClN2O2S2/c1-10-11(14)4-3-5-12(10)16-7-6-15-13(16)19-8-9-20(2,17)18/h3-7H,8-9H2,1-2H3. The van der Waals surface area contributed by atoms with Crippen molar-refractivity contribution < 1.29 is 8.42 Å². The Morgan fingerprint density at radius 3 is 2.85 bits per heavy atom. The Labute approximate surface area is 128 Å². The Bertz CT molecular complexity index is 711. The molecule has 0 spiro atoms. The number of halogens is 1. The van der Waals surface area contributed by atoms with Gasteiger partial charge in [-0.3, -0.25) is 4.57 Å². The third-order valence-electron chi connectivity index (χ3n) is 2.79. The van der Waals surface area contributed by atoms with Gasteiger partial charge in [0.05, 0.1) is 11.4 Å². The summed E-state index contributed by atoms with van der Waals surface area (Å²) in [4.78, 5) is 4.27. The maximum Gasteiger partial charge on any atom is 0.172 e. The fourth-order valence-corrected chi connectivity index (χ4v) is 4.05. The van der Waals surface area contributed by atoms with Crippen molar-refractivity contribution in [2.24, 2.45) is 0 Å². The first-order valence-electron chi connectivity index (χ1n) is 5.98. The van der Waals surface area contributed by atoms with Crippen LogP contribution < -0.4 is 0 Å². The van der Waals surface area contributed by atoms with Gasteiger partial charge in [-0.05, 0) is 24.6 Å². The summed E-state index contributed by atoms with van der Waals surface area (Å²) >= 11 is 7.55. The molecular formula is C13H15ClN2O2S2. The molecule has 0 aliphatic carbocycles. The highest BCUT2D eigenvalue weighted by atomic mass is 35.5. The summed E-state index contributed by atoms with van der Waals surface area (Å²) in [7, 11) is -2.95. The molecule has 7 heteroatoms. The maximum atomic E-state index is 11.2. The third-order valence-corrected chi connectivity index (χ3v) is 5.37. The molecule has 20 heavy (non-hydrogen) atoms. The fraction of sp³-hybridized carbons (Fsp3) is 0.308. The first-order chi connectivity index (χ1) is 9.38. The largest absolute Gasteiger partial charge is 0.295 e. The van der Waals surface area contributed by atoms with E-state index in [1.165, 1.54) is 18.0 Å². The molecule has 0 bridgehead atoms. The van der Waals surface area contributed by atoms with Crippen LogP contribution in [0.3, 0.4) is 0 Å². The van der Waals surface area contributed by atoms with Gasteiger partial charge in [0.15, 0.2) is 5.16 Å². The van der Waals surface area contributed by atoms with Gasteiger partial charge in [-0.15, -0.1) is 0 Å². The molecule has 4 nitrogen and oxygen atoms in total. The van der Waals surface area contributed by atoms with Crippen LogP contribution in [-0.4, -0.2) is 35.7 Å². The Kier molecular flexibility index (Phi) is 4.78. The Morgan fingerprint density at radius 1 is 1.40 bits per heavy atom. The minimum absolute atomic E-state index is 0.138. The summed E-state index contributed by atoms with van der Waals surface area (Å²) in [6.45, 7) is 1.95. The van der Waals surface area contributed by atoms with E-state index in [0.29, 0.717) is 10.8 Å². The SMILES string of the molecule is Cc1c(Cl)cccc1-n1ccnc1SCCS(C)(=O)=O. The normalized spacial score (nSPS) is 11.8. The fourth-order valence-electron chi connectivity index (χ4n) is 1.72. The molecule has 0 N–H and O–H groups in total. The molecule has 2 rings (SSSR count). The van der Waals surface area contributed by atoms with Crippen LogP contribution in [0.2, 0.25) is 5.02 Å². The van der Waals surface area contributed by atoms with E-state index in [1.807, 2.05) is 35.9 Å². The molecule has 108 valence electrons. The number of sulfone groups is 1. The van der Waals surface area contributed by atoms with Crippen LogP contribution in [0.1, 0.15) is 5.56 Å². The smallest absolute Gasteiger partial charge is 0.172 e. The van der Waals surface area contributed by atoms with Gasteiger partial charge in [0.2, 0.25) is 0 Å². The van der Waals surface area contributed by atoms with Crippen LogP contribution in [0.5, 0.6) is 0 Å². The first-order valence-corrected chi connectivity index (χ1v) is 9.40. The number of benzene rings is 1. The highest BCUT2D eigenvalue weighted by Gasteiger charge is 2.11. The van der Waals surface area contributed by atoms with Crippen molar-refractivity contribution in [3.63, 3.8) is 0 Å². The van der Waals surface area contributed by atoms with E-state index in [0.717, 1.165) is 16.4 Å². The lowest BCUT2D eigenvalue weighted by atomic mass is 10.2. The lowest BCUT2D eigenvalue weighted by molar-refractivity contribution is 0.603. The predicted octanol–water partition coefficient (Wildman–Crippen LogP) is 2.97. The van der Waals surface area contributed by atoms with E-state index in [2.05, 4.69) is 4.98 Å². The molecule has 0 aliphatic rings. The molecule has 0 radical (unpaired) electrons. The number of aromatic nitrogens is 2. The molecule has 0 fully saturated rings. The lowest BCUT2D eigenvalue weighted by Gasteiger charge is -2.11. The highest BCUT2D eigenvalue weighted by molar-refractivity contribution is 8.00. The molecule has 0 unspecified atom stereocenters. The van der Waals surface area contributed by atoms with E-state index in [9.17, 15) is 8.42 Å². The van der Waals surface area contributed by atoms with Crippen molar-refractivity contribution in [1.29, 1.82) is 0 Å². The van der Waals surface area contributed by atoms with Gasteiger partial charge in [0, 0.05) is 29.4 Å². The first kappa shape index (κ1) is 15.4. The molecule has 0 atom stereocenters. The lowest BCUT2D eigenvalue weighted by Crippen LogP contribution is -2.06. The number of imidazole rings is 1. The summed E-state index contributed by atoms with van der Waals surface area (Å²) in [6, 6.07) is 5.69. The molecule has 0 aliphatic heterocycles. The molecule has 2 aromatic rings. The summed E-state index contributed by atoms with van der Waals surface area (Å²) in [5.74, 6) is 0.620. The van der Waals surface area contributed by atoms with Crippen molar-refractivity contribution in [2.45, 2.75) is 12.1 Å². The minimum Gasteiger partial charge on any atom is -0.295 e. The van der Waals surface area contributed by atoms with E-state index in [1.54, 1.807) is 6.20 Å². The molecule has 1 aromatic heterocycles. The van der Waals surface area contributed by atoms with Crippen molar-refractivity contribution in [1.82, 2.24) is 9.55 Å². The van der Waals surface area contributed by atoms with Gasteiger partial charge in [-0.1, -0.05) is 29.4 Å². The van der Waals surface area contributed by atoms with E-state index < -0.39 is 9.84 Å². The maximum absolute atomic E-state index is 11.2. The van der Waals surface area contributed by atoms with E-state index >= 15 is 0 Å². The Hall–Kier alpha value is -0.980. The molecular weight excluding hydrogens is 316 g/mol. The minimum atomic E-state index is -2.95. The van der Waals surface area contributed by atoms with Crippen LogP contribution in [0.15, 0.2) is 35.7 Å². The second-order valence-electron chi connectivity index (χ2n) is 4.44. The van der Waals surface area contributed by atoms with Gasteiger partial charge >= 0.3 is 0 Å². The molecule has 0 saturated heterocycles. The van der Waals surface area contributed by atoms with Gasteiger partial charge in [0.25, 0.3) is 0 Å². The molecule has 0 amide bonds. The van der Waals surface area contributed by atoms with Crippen molar-refractivity contribution >= 4 is 33.2 Å². The average Bonchev–Trinajstić information content (AvgIpc) is 2.79. The van der Waals surface area contributed by atoms with Crippen molar-refractivity contribution in [3.8, 4) is 5.69 Å². The number of hydrogen-bond acceptors (Lipinski definition) is 4. The van der Waals surface area contributed by atoms with Gasteiger partial charge in [-0.2, -0.15) is 0 Å². The van der Waals surface area contributed by atoms with Crippen LogP contribution in [0.25, 0.3) is 5.69 Å². The zero-order chi connectivity index (χ0) is 14.8. The molecule has 0 saturated carbocycles. The van der Waals surface area contributed by atoms with Crippen LogP contribution in [0, 0.1) is 6.92 Å². The molecule has 1 aromatic carbocycles. The highest BCUT2D eigenvalue weighted by Crippen LogP contribution is 2.26. The Balaban J connectivity index is 2.22.